The van der Waals surface area contributed by atoms with Crippen LogP contribution in [0.25, 0.3) is 0 Å². The SMILES string of the molecule is Cc1nc(NCc2cnn(Cc3ccc(F)cc3)c2)nc2c1NC(=O)C([C@@H](C)O)N2C. The highest BCUT2D eigenvalue weighted by Gasteiger charge is 2.36. The predicted molar refractivity (Wildman–Crippen MR) is 114 cm³/mol. The average molecular weight is 425 g/mol. The number of benzene rings is 1. The van der Waals surface area contributed by atoms with E-state index in [2.05, 4.69) is 25.7 Å². The number of anilines is 3. The number of carbonyl (C=O) groups is 1. The normalized spacial score (nSPS) is 16.6. The number of nitrogens with zero attached hydrogens (tertiary/aromatic N) is 5. The van der Waals surface area contributed by atoms with Gasteiger partial charge in [0.2, 0.25) is 11.9 Å². The summed E-state index contributed by atoms with van der Waals surface area (Å²) in [7, 11) is 1.73. The molecule has 31 heavy (non-hydrogen) atoms. The first-order valence-corrected chi connectivity index (χ1v) is 9.92. The predicted octanol–water partition coefficient (Wildman–Crippen LogP) is 1.92. The van der Waals surface area contributed by atoms with Crippen LogP contribution in [0.3, 0.4) is 0 Å². The van der Waals surface area contributed by atoms with E-state index in [9.17, 15) is 14.3 Å². The van der Waals surface area contributed by atoms with Crippen molar-refractivity contribution in [3.63, 3.8) is 0 Å². The van der Waals surface area contributed by atoms with Crippen molar-refractivity contribution in [2.24, 2.45) is 0 Å². The second kappa shape index (κ2) is 8.31. The lowest BCUT2D eigenvalue weighted by atomic mass is 10.1. The van der Waals surface area contributed by atoms with Crippen LogP contribution in [0.15, 0.2) is 36.7 Å². The molecule has 0 aliphatic carbocycles. The van der Waals surface area contributed by atoms with Crippen molar-refractivity contribution in [1.82, 2.24) is 19.7 Å². The minimum Gasteiger partial charge on any atom is -0.391 e. The third kappa shape index (κ3) is 4.33. The lowest BCUT2D eigenvalue weighted by Gasteiger charge is -2.36. The molecule has 1 aromatic carbocycles. The zero-order valence-electron chi connectivity index (χ0n) is 17.5. The molecule has 10 heteroatoms. The molecule has 0 saturated heterocycles. The molecule has 0 spiro atoms. The Balaban J connectivity index is 1.46. The number of hydrogen-bond acceptors (Lipinski definition) is 7. The molecule has 3 N–H and O–H groups in total. The molecule has 9 nitrogen and oxygen atoms in total. The van der Waals surface area contributed by atoms with E-state index in [-0.39, 0.29) is 11.7 Å². The Morgan fingerprint density at radius 2 is 2.00 bits per heavy atom. The third-order valence-electron chi connectivity index (χ3n) is 5.19. The monoisotopic (exact) mass is 425 g/mol. The highest BCUT2D eigenvalue weighted by atomic mass is 19.1. The highest BCUT2D eigenvalue weighted by Crippen LogP contribution is 2.33. The maximum absolute atomic E-state index is 13.1. The molecule has 4 rings (SSSR count). The van der Waals surface area contributed by atoms with E-state index in [0.29, 0.717) is 36.2 Å². The maximum atomic E-state index is 13.1. The lowest BCUT2D eigenvalue weighted by molar-refractivity contribution is -0.119. The van der Waals surface area contributed by atoms with E-state index in [1.807, 2.05) is 6.20 Å². The Hall–Kier alpha value is -3.53. The van der Waals surface area contributed by atoms with Crippen molar-refractivity contribution in [3.8, 4) is 0 Å². The van der Waals surface area contributed by atoms with Crippen molar-refractivity contribution in [1.29, 1.82) is 0 Å². The van der Waals surface area contributed by atoms with Crippen molar-refractivity contribution < 1.29 is 14.3 Å². The van der Waals surface area contributed by atoms with Crippen molar-refractivity contribution in [2.75, 3.05) is 22.6 Å². The molecule has 2 aromatic heterocycles. The number of hydrogen-bond donors (Lipinski definition) is 3. The van der Waals surface area contributed by atoms with Gasteiger partial charge in [-0.05, 0) is 31.5 Å². The Kier molecular flexibility index (Phi) is 5.55. The zero-order chi connectivity index (χ0) is 22.1. The number of nitrogens with one attached hydrogen (secondary N) is 2. The Morgan fingerprint density at radius 1 is 1.26 bits per heavy atom. The summed E-state index contributed by atoms with van der Waals surface area (Å²) in [6.07, 6.45) is 2.80. The van der Waals surface area contributed by atoms with E-state index in [0.717, 1.165) is 11.1 Å². The van der Waals surface area contributed by atoms with Gasteiger partial charge in [0.25, 0.3) is 0 Å². The van der Waals surface area contributed by atoms with Gasteiger partial charge in [-0.15, -0.1) is 0 Å². The first kappa shape index (κ1) is 20.7. The van der Waals surface area contributed by atoms with E-state index in [1.165, 1.54) is 12.1 Å². The molecule has 0 fully saturated rings. The van der Waals surface area contributed by atoms with Gasteiger partial charge in [-0.2, -0.15) is 10.1 Å². The van der Waals surface area contributed by atoms with Crippen LogP contribution >= 0.6 is 0 Å². The minimum atomic E-state index is -0.850. The summed E-state index contributed by atoms with van der Waals surface area (Å²) < 4.78 is 14.8. The summed E-state index contributed by atoms with van der Waals surface area (Å²) in [5.74, 6) is 0.410. The van der Waals surface area contributed by atoms with Gasteiger partial charge in [0.15, 0.2) is 5.82 Å². The van der Waals surface area contributed by atoms with Gasteiger partial charge in [-0.3, -0.25) is 9.48 Å². The van der Waals surface area contributed by atoms with Crippen LogP contribution in [-0.4, -0.2) is 50.0 Å². The number of carbonyl (C=O) groups excluding carboxylic acids is 1. The smallest absolute Gasteiger partial charge is 0.249 e. The van der Waals surface area contributed by atoms with Crippen molar-refractivity contribution in [3.05, 3.63) is 59.3 Å². The number of aliphatic hydroxyl groups is 1. The fourth-order valence-electron chi connectivity index (χ4n) is 3.63. The summed E-state index contributed by atoms with van der Waals surface area (Å²) in [6.45, 7) is 4.36. The fourth-order valence-corrected chi connectivity index (χ4v) is 3.63. The highest BCUT2D eigenvalue weighted by molar-refractivity contribution is 6.03. The number of halogens is 1. The zero-order valence-corrected chi connectivity index (χ0v) is 17.5. The first-order chi connectivity index (χ1) is 14.8. The standard InChI is InChI=1S/C21H24FN7O2/c1-12-17-19(28(3)18(13(2)30)20(31)26-17)27-21(25-12)23-8-15-9-24-29(11-15)10-14-4-6-16(22)7-5-14/h4-7,9,11,13,18,30H,8,10H2,1-3H3,(H,26,31)(H,23,25,27)/t13-,18?/m1/s1. The molecule has 3 aromatic rings. The number of fused-ring (bicyclic) bond motifs is 1. The van der Waals surface area contributed by atoms with Crippen LogP contribution in [0.1, 0.15) is 23.7 Å². The molecule has 2 atom stereocenters. The van der Waals surface area contributed by atoms with Crippen LogP contribution in [0.5, 0.6) is 0 Å². The first-order valence-electron chi connectivity index (χ1n) is 9.92. The molecule has 0 saturated carbocycles. The third-order valence-corrected chi connectivity index (χ3v) is 5.19. The molecule has 1 unspecified atom stereocenters. The van der Waals surface area contributed by atoms with Crippen LogP contribution < -0.4 is 15.5 Å². The van der Waals surface area contributed by atoms with Gasteiger partial charge in [-0.25, -0.2) is 9.37 Å². The number of likely N-dealkylation sites (N-methyl/N-ethyl adjacent to an activating group) is 1. The summed E-state index contributed by atoms with van der Waals surface area (Å²) in [5, 5.41) is 20.3. The van der Waals surface area contributed by atoms with Gasteiger partial charge in [0, 0.05) is 25.4 Å². The van der Waals surface area contributed by atoms with Gasteiger partial charge in [-0.1, -0.05) is 12.1 Å². The molecule has 1 amide bonds. The average Bonchev–Trinajstić information content (AvgIpc) is 3.16. The number of amides is 1. The van der Waals surface area contributed by atoms with Crippen LogP contribution in [0.2, 0.25) is 0 Å². The van der Waals surface area contributed by atoms with Gasteiger partial charge >= 0.3 is 0 Å². The van der Waals surface area contributed by atoms with E-state index in [4.69, 9.17) is 0 Å². The summed E-state index contributed by atoms with van der Waals surface area (Å²) in [6, 6.07) is 5.60. The largest absolute Gasteiger partial charge is 0.391 e. The van der Waals surface area contributed by atoms with E-state index < -0.39 is 12.1 Å². The van der Waals surface area contributed by atoms with Crippen LogP contribution in [-0.2, 0) is 17.9 Å². The van der Waals surface area contributed by atoms with Gasteiger partial charge < -0.3 is 20.6 Å². The summed E-state index contributed by atoms with van der Waals surface area (Å²) >= 11 is 0. The molecule has 1 aliphatic rings. The molecule has 3 heterocycles. The lowest BCUT2D eigenvalue weighted by Crippen LogP contribution is -2.52. The number of aromatic nitrogens is 4. The minimum absolute atomic E-state index is 0.264. The van der Waals surface area contributed by atoms with E-state index >= 15 is 0 Å². The van der Waals surface area contributed by atoms with Gasteiger partial charge in [0.05, 0.1) is 24.5 Å². The number of aryl methyl sites for hydroxylation is 1. The Bertz CT molecular complexity index is 1100. The van der Waals surface area contributed by atoms with E-state index in [1.54, 1.807) is 48.8 Å². The number of rotatable bonds is 6. The quantitative estimate of drug-likeness (QED) is 0.554. The topological polar surface area (TPSA) is 108 Å². The second-order valence-corrected chi connectivity index (χ2v) is 7.64. The molecule has 162 valence electrons. The molecule has 1 aliphatic heterocycles. The number of aliphatic hydroxyl groups excluding tert-OH is 1. The van der Waals surface area contributed by atoms with Crippen LogP contribution in [0, 0.1) is 12.7 Å². The van der Waals surface area contributed by atoms with Crippen molar-refractivity contribution in [2.45, 2.75) is 39.1 Å². The van der Waals surface area contributed by atoms with Crippen molar-refractivity contribution >= 4 is 23.4 Å². The maximum Gasteiger partial charge on any atom is 0.249 e. The summed E-state index contributed by atoms with van der Waals surface area (Å²) in [5.41, 5.74) is 3.06. The Labute approximate surface area is 178 Å². The molecular formula is C21H24FN7O2. The molecule has 0 radical (unpaired) electrons. The Morgan fingerprint density at radius 3 is 2.71 bits per heavy atom. The van der Waals surface area contributed by atoms with Gasteiger partial charge in [0.1, 0.15) is 17.5 Å². The summed E-state index contributed by atoms with van der Waals surface area (Å²) in [4.78, 5) is 22.9. The molecule has 0 bridgehead atoms. The fraction of sp³-hybridized carbons (Fsp3) is 0.333. The second-order valence-electron chi connectivity index (χ2n) is 7.64. The molecular weight excluding hydrogens is 401 g/mol. The van der Waals surface area contributed by atoms with Crippen LogP contribution in [0.4, 0.5) is 21.8 Å².